The monoisotopic (exact) mass is 591 g/mol. The summed E-state index contributed by atoms with van der Waals surface area (Å²) >= 11 is 0. The van der Waals surface area contributed by atoms with Crippen LogP contribution >= 0.6 is 7.60 Å². The number of hydrogen-bond acceptors (Lipinski definition) is 15. The molecule has 16 nitrogen and oxygen atoms in total. The van der Waals surface area contributed by atoms with E-state index in [2.05, 4.69) is 15.0 Å². The zero-order valence-corrected chi connectivity index (χ0v) is 24.6. The van der Waals surface area contributed by atoms with Gasteiger partial charge in [0.05, 0.1) is 37.1 Å². The van der Waals surface area contributed by atoms with Gasteiger partial charge in [0.15, 0.2) is 17.8 Å². The summed E-state index contributed by atoms with van der Waals surface area (Å²) in [6, 6.07) is 0. The van der Waals surface area contributed by atoms with Gasteiger partial charge in [-0.3, -0.25) is 18.4 Å². The van der Waals surface area contributed by atoms with Gasteiger partial charge in [-0.05, 0) is 41.5 Å². The van der Waals surface area contributed by atoms with Crippen LogP contribution in [0.1, 0.15) is 41.5 Å². The second-order valence-corrected chi connectivity index (χ2v) is 11.5. The number of anilines is 1. The van der Waals surface area contributed by atoms with E-state index in [4.69, 9.17) is 43.2 Å². The smallest absolute Gasteiger partial charge is 0.437 e. The molecule has 0 radical (unpaired) electrons. The molecule has 0 fully saturated rings. The molecule has 0 saturated heterocycles. The SMILES string of the molecule is COC(C)OCC(C)(C)C(=O)OCOP(=O)(CO[C@H](C)Cn1cnc2c(N)ncnc21)OCOC(=O)OC(C)C. The first-order valence-electron chi connectivity index (χ1n) is 12.3. The highest BCUT2D eigenvalue weighted by Gasteiger charge is 2.33. The van der Waals surface area contributed by atoms with Crippen LogP contribution in [0.4, 0.5) is 10.6 Å². The summed E-state index contributed by atoms with van der Waals surface area (Å²) < 4.78 is 56.5. The topological polar surface area (TPSA) is 195 Å². The van der Waals surface area contributed by atoms with Gasteiger partial charge in [0.25, 0.3) is 0 Å². The van der Waals surface area contributed by atoms with Crippen molar-refractivity contribution in [1.29, 1.82) is 0 Å². The van der Waals surface area contributed by atoms with Crippen LogP contribution in [0.3, 0.4) is 0 Å². The molecular weight excluding hydrogens is 553 g/mol. The maximum Gasteiger partial charge on any atom is 0.510 e. The maximum atomic E-state index is 13.4. The summed E-state index contributed by atoms with van der Waals surface area (Å²) in [5.74, 6) is -0.446. The second kappa shape index (κ2) is 15.2. The van der Waals surface area contributed by atoms with Crippen molar-refractivity contribution in [1.82, 2.24) is 19.5 Å². The number of carbonyl (C=O) groups is 2. The van der Waals surface area contributed by atoms with Crippen molar-refractivity contribution in [2.75, 3.05) is 39.4 Å². The molecule has 226 valence electrons. The number of rotatable bonds is 17. The third-order valence-electron chi connectivity index (χ3n) is 5.16. The number of methoxy groups -OCH3 is 1. The number of imidazole rings is 1. The number of aromatic nitrogens is 4. The Morgan fingerprint density at radius 3 is 2.38 bits per heavy atom. The highest BCUT2D eigenvalue weighted by molar-refractivity contribution is 7.53. The zero-order valence-electron chi connectivity index (χ0n) is 23.7. The zero-order chi connectivity index (χ0) is 29.9. The molecule has 17 heteroatoms. The molecule has 0 amide bonds. The predicted octanol–water partition coefficient (Wildman–Crippen LogP) is 3.05. The van der Waals surface area contributed by atoms with E-state index in [-0.39, 0.29) is 19.0 Å². The number of nitrogens with zero attached hydrogens (tertiary/aromatic N) is 4. The first-order chi connectivity index (χ1) is 18.8. The molecule has 0 aliphatic carbocycles. The van der Waals surface area contributed by atoms with Crippen molar-refractivity contribution in [2.24, 2.45) is 5.41 Å². The quantitative estimate of drug-likeness (QED) is 0.160. The fourth-order valence-corrected chi connectivity index (χ4v) is 3.97. The van der Waals surface area contributed by atoms with Crippen molar-refractivity contribution in [3.63, 3.8) is 0 Å². The molecule has 2 heterocycles. The van der Waals surface area contributed by atoms with Gasteiger partial charge in [-0.25, -0.2) is 19.7 Å². The fourth-order valence-electron chi connectivity index (χ4n) is 2.88. The molecule has 40 heavy (non-hydrogen) atoms. The summed E-state index contributed by atoms with van der Waals surface area (Å²) in [4.78, 5) is 36.4. The molecule has 0 aliphatic heterocycles. The van der Waals surface area contributed by atoms with Gasteiger partial charge >= 0.3 is 19.7 Å². The van der Waals surface area contributed by atoms with Crippen molar-refractivity contribution >= 4 is 36.7 Å². The minimum absolute atomic E-state index is 0.000923. The Hall–Kier alpha value is -2.88. The van der Waals surface area contributed by atoms with Crippen LogP contribution in [0, 0.1) is 5.41 Å². The van der Waals surface area contributed by atoms with Crippen LogP contribution in [0.2, 0.25) is 0 Å². The summed E-state index contributed by atoms with van der Waals surface area (Å²) in [5, 5.41) is 0. The average Bonchev–Trinajstić information content (AvgIpc) is 3.29. The van der Waals surface area contributed by atoms with Crippen LogP contribution in [0.5, 0.6) is 0 Å². The number of nitrogen functional groups attached to an aromatic ring is 1. The Kier molecular flexibility index (Phi) is 12.7. The molecule has 2 aromatic rings. The highest BCUT2D eigenvalue weighted by atomic mass is 31.2. The molecule has 0 spiro atoms. The average molecular weight is 592 g/mol. The summed E-state index contributed by atoms with van der Waals surface area (Å²) in [5.41, 5.74) is 5.69. The Morgan fingerprint density at radius 2 is 1.73 bits per heavy atom. The van der Waals surface area contributed by atoms with E-state index in [9.17, 15) is 14.2 Å². The Balaban J connectivity index is 1.98. The minimum Gasteiger partial charge on any atom is -0.437 e. The molecule has 2 unspecified atom stereocenters. The first kappa shape index (κ1) is 33.3. The molecular formula is C23H38N5O11P. The third kappa shape index (κ3) is 10.6. The van der Waals surface area contributed by atoms with E-state index in [1.807, 2.05) is 0 Å². The van der Waals surface area contributed by atoms with Crippen molar-refractivity contribution in [2.45, 2.75) is 66.6 Å². The highest BCUT2D eigenvalue weighted by Crippen LogP contribution is 2.48. The number of esters is 1. The van der Waals surface area contributed by atoms with E-state index >= 15 is 0 Å². The fraction of sp³-hybridized carbons (Fsp3) is 0.696. The normalized spacial score (nSPS) is 15.0. The van der Waals surface area contributed by atoms with Crippen molar-refractivity contribution in [3.8, 4) is 0 Å². The van der Waals surface area contributed by atoms with E-state index in [0.29, 0.717) is 11.2 Å². The number of ether oxygens (including phenoxy) is 6. The van der Waals surface area contributed by atoms with Gasteiger partial charge < -0.3 is 38.7 Å². The molecule has 3 atom stereocenters. The summed E-state index contributed by atoms with van der Waals surface area (Å²) in [6.07, 6.45) is -0.245. The van der Waals surface area contributed by atoms with Crippen LogP contribution in [-0.4, -0.2) is 83.8 Å². The Bertz CT molecular complexity index is 1160. The van der Waals surface area contributed by atoms with Crippen LogP contribution in [0.15, 0.2) is 12.7 Å². The Morgan fingerprint density at radius 1 is 1.05 bits per heavy atom. The largest absolute Gasteiger partial charge is 0.510 e. The summed E-state index contributed by atoms with van der Waals surface area (Å²) in [7, 11) is -2.64. The van der Waals surface area contributed by atoms with Crippen LogP contribution in [0.25, 0.3) is 11.2 Å². The van der Waals surface area contributed by atoms with Gasteiger partial charge in [0, 0.05) is 7.11 Å². The third-order valence-corrected chi connectivity index (χ3v) is 6.62. The summed E-state index contributed by atoms with van der Waals surface area (Å²) in [6.45, 7) is 8.63. The maximum absolute atomic E-state index is 13.4. The number of hydrogen-bond donors (Lipinski definition) is 1. The lowest BCUT2D eigenvalue weighted by molar-refractivity contribution is -0.174. The Labute approximate surface area is 232 Å². The molecule has 2 aromatic heterocycles. The molecule has 2 rings (SSSR count). The molecule has 2 N–H and O–H groups in total. The number of fused-ring (bicyclic) bond motifs is 1. The lowest BCUT2D eigenvalue weighted by Crippen LogP contribution is -2.33. The molecule has 0 aliphatic rings. The second-order valence-electron chi connectivity index (χ2n) is 9.53. The lowest BCUT2D eigenvalue weighted by Gasteiger charge is -2.25. The van der Waals surface area contributed by atoms with E-state index in [1.165, 1.54) is 19.8 Å². The molecule has 0 aromatic carbocycles. The van der Waals surface area contributed by atoms with Crippen LogP contribution < -0.4 is 5.73 Å². The minimum atomic E-state index is -4.11. The predicted molar refractivity (Wildman–Crippen MR) is 140 cm³/mol. The van der Waals surface area contributed by atoms with Crippen molar-refractivity contribution in [3.05, 3.63) is 12.7 Å². The first-order valence-corrected chi connectivity index (χ1v) is 14.0. The molecule has 0 saturated carbocycles. The lowest BCUT2D eigenvalue weighted by atomic mass is 9.95. The number of nitrogens with two attached hydrogens (primary N) is 1. The van der Waals surface area contributed by atoms with Gasteiger partial charge in [0.2, 0.25) is 13.6 Å². The van der Waals surface area contributed by atoms with E-state index in [1.54, 1.807) is 46.1 Å². The van der Waals surface area contributed by atoms with Gasteiger partial charge in [-0.2, -0.15) is 0 Å². The van der Waals surface area contributed by atoms with E-state index < -0.39 is 63.6 Å². The van der Waals surface area contributed by atoms with Crippen LogP contribution in [-0.2, 0) is 53.4 Å². The van der Waals surface area contributed by atoms with Gasteiger partial charge in [-0.1, -0.05) is 0 Å². The van der Waals surface area contributed by atoms with Gasteiger partial charge in [-0.15, -0.1) is 0 Å². The van der Waals surface area contributed by atoms with Gasteiger partial charge in [0.1, 0.15) is 18.2 Å². The molecule has 0 bridgehead atoms. The van der Waals surface area contributed by atoms with Crippen molar-refractivity contribution < 1.29 is 51.6 Å². The number of carbonyl (C=O) groups excluding carboxylic acids is 2. The van der Waals surface area contributed by atoms with E-state index in [0.717, 1.165) is 0 Å². The standard InChI is InChI=1S/C23H38N5O11P/c1-15(2)39-22(30)35-13-38-40(31,37-12-34-21(29)23(5,6)9-33-17(4)32-7)14-36-16(3)8-28-11-27-18-19(24)25-10-26-20(18)28/h10-11,15-17H,8-9,12-14H2,1-7H3,(H2,24,25,26)/t16-,17?,40?/m1/s1.